The Morgan fingerprint density at radius 3 is 1.03 bits per heavy atom. The predicted octanol–water partition coefficient (Wildman–Crippen LogP) is 15.9. The third-order valence-corrected chi connectivity index (χ3v) is 11.7. The molecule has 0 amide bonds. The minimum Gasteiger partial charge on any atom is -0.353 e. The summed E-state index contributed by atoms with van der Waals surface area (Å²) in [6.45, 7) is 26.0. The van der Waals surface area contributed by atoms with Crippen LogP contribution in [0.2, 0.25) is 0 Å². The number of hydrogen-bond donors (Lipinski definition) is 0. The van der Waals surface area contributed by atoms with E-state index in [0.717, 1.165) is 85.4 Å². The van der Waals surface area contributed by atoms with Crippen LogP contribution in [0.4, 0.5) is 17.1 Å². The molecule has 9 rings (SSSR count). The van der Waals surface area contributed by atoms with Crippen molar-refractivity contribution < 1.29 is 20.1 Å². The summed E-state index contributed by atoms with van der Waals surface area (Å²) in [5.41, 5.74) is 12.5. The fourth-order valence-corrected chi connectivity index (χ4v) is 7.99. The summed E-state index contributed by atoms with van der Waals surface area (Å²) >= 11 is 0. The molecule has 0 bridgehead atoms. The van der Waals surface area contributed by atoms with Crippen molar-refractivity contribution >= 4 is 66.9 Å². The molecule has 6 aromatic carbocycles. The number of aliphatic imine (C=N–C) groups is 3. The van der Waals surface area contributed by atoms with Crippen LogP contribution in [0.3, 0.4) is 0 Å². The van der Waals surface area contributed by atoms with Gasteiger partial charge in [0.1, 0.15) is 0 Å². The third kappa shape index (κ3) is 12.9. The molecular weight excluding hydrogens is 1040 g/mol. The van der Waals surface area contributed by atoms with Gasteiger partial charge in [-0.25, -0.2) is 0 Å². The van der Waals surface area contributed by atoms with Gasteiger partial charge in [-0.3, -0.25) is 14.0 Å². The molecule has 9 aromatic rings. The summed E-state index contributed by atoms with van der Waals surface area (Å²) in [5, 5.41) is 16.8. The molecule has 0 saturated heterocycles. The molecule has 3 aromatic heterocycles. The van der Waals surface area contributed by atoms with Gasteiger partial charge in [0.2, 0.25) is 0 Å². The number of para-hydroxylation sites is 3. The summed E-state index contributed by atoms with van der Waals surface area (Å²) in [4.78, 5) is 14.3. The zero-order valence-corrected chi connectivity index (χ0v) is 45.1. The predicted molar refractivity (Wildman–Crippen MR) is 290 cm³/mol. The van der Waals surface area contributed by atoms with Gasteiger partial charge in [-0.05, 0) is 75.7 Å². The van der Waals surface area contributed by atoms with Gasteiger partial charge < -0.3 is 21.4 Å². The minimum absolute atomic E-state index is 0. The van der Waals surface area contributed by atoms with E-state index in [9.17, 15) is 0 Å². The van der Waals surface area contributed by atoms with E-state index in [1.54, 1.807) is 0 Å². The first-order chi connectivity index (χ1) is 33.0. The molecule has 1 radical (unpaired) electrons. The monoisotopic (exact) mass is 1100 g/mol. The number of fused-ring (bicyclic) bond motifs is 3. The van der Waals surface area contributed by atoms with Gasteiger partial charge in [0.25, 0.3) is 0 Å². The molecule has 70 heavy (non-hydrogen) atoms. The largest absolute Gasteiger partial charge is 0.353 e. The van der Waals surface area contributed by atoms with Gasteiger partial charge >= 0.3 is 0 Å². The Morgan fingerprint density at radius 2 is 0.771 bits per heavy atom. The molecule has 0 N–H and O–H groups in total. The molecule has 363 valence electrons. The molecule has 0 aliphatic heterocycles. The molecule has 0 unspecified atom stereocenters. The van der Waals surface area contributed by atoms with E-state index in [-0.39, 0.29) is 36.4 Å². The second kappa shape index (κ2) is 22.8. The van der Waals surface area contributed by atoms with E-state index in [4.69, 9.17) is 15.0 Å². The Bertz CT molecular complexity index is 2850. The topological polar surface area (TPSA) is 90.5 Å². The summed E-state index contributed by atoms with van der Waals surface area (Å²) in [6.07, 6.45) is 9.60. The number of nitrogens with zero attached hydrogens (tertiary/aromatic N) is 9. The molecule has 0 spiro atoms. The maximum Gasteiger partial charge on any atom is 0.0716 e. The number of benzene rings is 6. The molecule has 0 aliphatic carbocycles. The van der Waals surface area contributed by atoms with Crippen LogP contribution in [-0.4, -0.2) is 46.5 Å². The van der Waals surface area contributed by atoms with E-state index in [1.807, 2.05) is 131 Å². The zero-order chi connectivity index (χ0) is 49.3. The van der Waals surface area contributed by atoms with Crippen LogP contribution in [0.1, 0.15) is 95.9 Å². The van der Waals surface area contributed by atoms with Gasteiger partial charge in [0.05, 0.1) is 35.1 Å². The van der Waals surface area contributed by atoms with Crippen molar-refractivity contribution in [2.75, 3.05) is 0 Å². The molecule has 0 atom stereocenters. The van der Waals surface area contributed by atoms with Crippen LogP contribution in [-0.2, 0) is 20.1 Å². The molecule has 0 fully saturated rings. The fraction of sp³-hybridized carbons (Fsp3) is 0.283. The Labute approximate surface area is 428 Å². The second-order valence-electron chi connectivity index (χ2n) is 20.0. The fourth-order valence-electron chi connectivity index (χ4n) is 7.99. The van der Waals surface area contributed by atoms with Crippen molar-refractivity contribution in [3.63, 3.8) is 0 Å². The second-order valence-corrected chi connectivity index (χ2v) is 20.0. The summed E-state index contributed by atoms with van der Waals surface area (Å²) in [5.74, 6) is 0. The van der Waals surface area contributed by atoms with E-state index in [2.05, 4.69) is 152 Å². The Hall–Kier alpha value is -6.74. The number of aromatic nitrogens is 6. The molecule has 10 heteroatoms. The quantitative estimate of drug-likeness (QED) is 0.106. The van der Waals surface area contributed by atoms with E-state index < -0.39 is 0 Å². The minimum atomic E-state index is 0. The smallest absolute Gasteiger partial charge is 0.0716 e. The van der Waals surface area contributed by atoms with Crippen LogP contribution < -0.4 is 0 Å². The maximum atomic E-state index is 4.79. The number of rotatable bonds is 9. The van der Waals surface area contributed by atoms with Crippen molar-refractivity contribution in [2.45, 2.75) is 95.9 Å². The maximum absolute atomic E-state index is 4.79. The number of hydrogen-bond acceptors (Lipinski definition) is 6. The van der Waals surface area contributed by atoms with Crippen LogP contribution >= 0.6 is 0 Å². The van der Waals surface area contributed by atoms with Gasteiger partial charge in [-0.15, -0.1) is 54.2 Å². The van der Waals surface area contributed by atoms with Gasteiger partial charge in [0, 0.05) is 47.7 Å². The van der Waals surface area contributed by atoms with Gasteiger partial charge in [0.15, 0.2) is 0 Å². The average molecular weight is 1100 g/mol. The summed E-state index contributed by atoms with van der Waals surface area (Å²) in [6, 6.07) is 52.3. The van der Waals surface area contributed by atoms with E-state index in [1.165, 1.54) is 11.4 Å². The standard InChI is InChI=1S/2C20H22N3.C20H21N3.Ir/c3*1-5-19(20(2,3)4)22-16-10-12-17(13-11-16)23-18-9-7-6-8-15(18)14-21-23;/h2*6-12,14H,5H2,1-4H3;5-12,14H,1-4H3;/q2*-1;-2;. The van der Waals surface area contributed by atoms with Gasteiger partial charge in [-0.1, -0.05) is 136 Å². The first-order valence-electron chi connectivity index (χ1n) is 23.9. The van der Waals surface area contributed by atoms with Crippen LogP contribution in [0.5, 0.6) is 0 Å². The first kappa shape index (κ1) is 52.6. The Balaban J connectivity index is 0.000000171. The average Bonchev–Trinajstić information content (AvgIpc) is 4.09. The summed E-state index contributed by atoms with van der Waals surface area (Å²) in [7, 11) is 0. The molecule has 0 saturated carbocycles. The SMILES string of the molecule is CCC(=Nc1c[c-]c(-n2ncc3ccccc32)cc1)C(C)(C)C.CCC(=Nc1c[c-]c(-n2ncc3ccccc32)cc1)C(C)(C)C.C[CH-]C(=Nc1c[c-]c(-n2ncc3ccccc32)cc1)C(C)(C)C.[Ir]. The third-order valence-electron chi connectivity index (χ3n) is 11.7. The zero-order valence-electron chi connectivity index (χ0n) is 42.7. The van der Waals surface area contributed by atoms with Crippen molar-refractivity contribution in [1.82, 2.24) is 29.3 Å². The molecule has 0 aliphatic rings. The molecule has 3 heterocycles. The van der Waals surface area contributed by atoms with Crippen LogP contribution in [0.15, 0.2) is 161 Å². The van der Waals surface area contributed by atoms with Crippen molar-refractivity contribution in [3.8, 4) is 17.1 Å². The molecule has 9 nitrogen and oxygen atoms in total. The van der Waals surface area contributed by atoms with Crippen LogP contribution in [0, 0.1) is 40.9 Å². The summed E-state index contributed by atoms with van der Waals surface area (Å²) < 4.78 is 5.72. The first-order valence-corrected chi connectivity index (χ1v) is 23.9. The molecular formula is C60H65IrN9-4. The van der Waals surface area contributed by atoms with E-state index in [0.29, 0.717) is 0 Å². The van der Waals surface area contributed by atoms with Crippen molar-refractivity contribution in [3.05, 3.63) is 171 Å². The Morgan fingerprint density at radius 1 is 0.457 bits per heavy atom. The normalized spacial score (nSPS) is 12.5. The Kier molecular flexibility index (Phi) is 17.1. The van der Waals surface area contributed by atoms with E-state index >= 15 is 0 Å². The van der Waals surface area contributed by atoms with Crippen molar-refractivity contribution in [2.24, 2.45) is 31.2 Å². The van der Waals surface area contributed by atoms with Gasteiger partial charge in [-0.2, -0.15) is 46.5 Å². The van der Waals surface area contributed by atoms with Crippen molar-refractivity contribution in [1.29, 1.82) is 0 Å². The van der Waals surface area contributed by atoms with Crippen LogP contribution in [0.25, 0.3) is 49.8 Å².